The molecule has 0 heterocycles. The number of hydrogen-bond acceptors (Lipinski definition) is 3. The maximum atomic E-state index is 13.1. The number of methoxy groups -OCH3 is 1. The van der Waals surface area contributed by atoms with E-state index in [1.807, 2.05) is 0 Å². The van der Waals surface area contributed by atoms with Gasteiger partial charge in [0.2, 0.25) is 5.91 Å². The fourth-order valence-electron chi connectivity index (χ4n) is 2.25. The Morgan fingerprint density at radius 2 is 1.92 bits per heavy atom. The van der Waals surface area contributed by atoms with E-state index in [2.05, 4.69) is 16.0 Å². The average Bonchev–Trinajstić information content (AvgIpc) is 2.56. The van der Waals surface area contributed by atoms with Gasteiger partial charge in [-0.2, -0.15) is 0 Å². The zero-order valence-electron chi connectivity index (χ0n) is 14.1. The molecular formula is C18H20FN3O3. The van der Waals surface area contributed by atoms with Crippen molar-refractivity contribution in [2.75, 3.05) is 24.3 Å². The predicted molar refractivity (Wildman–Crippen MR) is 94.4 cm³/mol. The summed E-state index contributed by atoms with van der Waals surface area (Å²) in [5, 5.41) is 8.02. The summed E-state index contributed by atoms with van der Waals surface area (Å²) in [6.07, 6.45) is 0.524. The van der Waals surface area contributed by atoms with Crippen LogP contribution in [0.5, 0.6) is 5.75 Å². The summed E-state index contributed by atoms with van der Waals surface area (Å²) in [4.78, 5) is 23.1. The summed E-state index contributed by atoms with van der Waals surface area (Å²) < 4.78 is 18.3. The maximum Gasteiger partial charge on any atom is 0.319 e. The van der Waals surface area contributed by atoms with Crippen molar-refractivity contribution >= 4 is 23.3 Å². The molecule has 6 nitrogen and oxygen atoms in total. The second-order valence-electron chi connectivity index (χ2n) is 5.36. The number of hydrogen-bond donors (Lipinski definition) is 3. The Bertz CT molecular complexity index is 765. The lowest BCUT2D eigenvalue weighted by Crippen LogP contribution is -2.30. The van der Waals surface area contributed by atoms with Gasteiger partial charge in [-0.1, -0.05) is 12.1 Å². The van der Waals surface area contributed by atoms with E-state index in [1.165, 1.54) is 26.2 Å². The summed E-state index contributed by atoms with van der Waals surface area (Å²) in [5.74, 6) is -0.0739. The molecule has 2 aromatic rings. The Balaban J connectivity index is 1.88. The molecule has 3 amide bonds. The molecule has 0 spiro atoms. The topological polar surface area (TPSA) is 79.5 Å². The van der Waals surface area contributed by atoms with Crippen molar-refractivity contribution in [2.24, 2.45) is 0 Å². The van der Waals surface area contributed by atoms with Gasteiger partial charge >= 0.3 is 6.03 Å². The minimum Gasteiger partial charge on any atom is -0.494 e. The van der Waals surface area contributed by atoms with Gasteiger partial charge < -0.3 is 20.7 Å². The second-order valence-corrected chi connectivity index (χ2v) is 5.36. The highest BCUT2D eigenvalue weighted by Gasteiger charge is 2.08. The van der Waals surface area contributed by atoms with Crippen LogP contribution in [0, 0.1) is 5.82 Å². The summed E-state index contributed by atoms with van der Waals surface area (Å²) in [7, 11) is 1.48. The molecule has 0 unspecified atom stereocenters. The Morgan fingerprint density at radius 1 is 1.12 bits per heavy atom. The summed E-state index contributed by atoms with van der Waals surface area (Å²) in [6.45, 7) is 1.77. The SMILES string of the molecule is COc1cc(NC(=O)NCCc2cccc(F)c2)ccc1NC(C)=O. The Morgan fingerprint density at radius 3 is 2.60 bits per heavy atom. The molecular weight excluding hydrogens is 325 g/mol. The molecule has 2 aromatic carbocycles. The standard InChI is InChI=1S/C18H20FN3O3/c1-12(23)21-16-7-6-15(11-17(16)25-2)22-18(24)20-9-8-13-4-3-5-14(19)10-13/h3-7,10-11H,8-9H2,1-2H3,(H,21,23)(H2,20,22,24). The van der Waals surface area contributed by atoms with E-state index in [0.29, 0.717) is 30.1 Å². The van der Waals surface area contributed by atoms with E-state index >= 15 is 0 Å². The van der Waals surface area contributed by atoms with Crippen LogP contribution in [0.4, 0.5) is 20.6 Å². The molecule has 0 fully saturated rings. The van der Waals surface area contributed by atoms with Gasteiger partial charge in [0.15, 0.2) is 0 Å². The van der Waals surface area contributed by atoms with Crippen LogP contribution in [0.3, 0.4) is 0 Å². The molecule has 0 aliphatic heterocycles. The first-order chi connectivity index (χ1) is 12.0. The van der Waals surface area contributed by atoms with Gasteiger partial charge in [0.05, 0.1) is 12.8 Å². The van der Waals surface area contributed by atoms with Crippen molar-refractivity contribution in [1.82, 2.24) is 5.32 Å². The van der Waals surface area contributed by atoms with Crippen molar-refractivity contribution < 1.29 is 18.7 Å². The molecule has 0 aliphatic rings. The predicted octanol–water partition coefficient (Wildman–Crippen LogP) is 3.16. The minimum absolute atomic E-state index is 0.214. The summed E-state index contributed by atoms with van der Waals surface area (Å²) >= 11 is 0. The van der Waals surface area contributed by atoms with Gasteiger partial charge in [-0.15, -0.1) is 0 Å². The van der Waals surface area contributed by atoms with Crippen LogP contribution in [0.15, 0.2) is 42.5 Å². The fourth-order valence-corrected chi connectivity index (χ4v) is 2.25. The molecule has 0 saturated carbocycles. The Labute approximate surface area is 145 Å². The third kappa shape index (κ3) is 5.80. The summed E-state index contributed by atoms with van der Waals surface area (Å²) in [6, 6.07) is 10.8. The number of nitrogens with one attached hydrogen (secondary N) is 3. The van der Waals surface area contributed by atoms with E-state index < -0.39 is 0 Å². The lowest BCUT2D eigenvalue weighted by Gasteiger charge is -2.12. The number of amides is 3. The molecule has 0 bridgehead atoms. The average molecular weight is 345 g/mol. The quantitative estimate of drug-likeness (QED) is 0.752. The lowest BCUT2D eigenvalue weighted by molar-refractivity contribution is -0.114. The third-order valence-corrected chi connectivity index (χ3v) is 3.36. The number of benzene rings is 2. The van der Waals surface area contributed by atoms with Crippen LogP contribution >= 0.6 is 0 Å². The number of urea groups is 1. The molecule has 3 N–H and O–H groups in total. The monoisotopic (exact) mass is 345 g/mol. The molecule has 0 atom stereocenters. The molecule has 132 valence electrons. The lowest BCUT2D eigenvalue weighted by atomic mass is 10.1. The normalized spacial score (nSPS) is 10.0. The van der Waals surface area contributed by atoms with Crippen molar-refractivity contribution in [3.05, 3.63) is 53.8 Å². The first-order valence-electron chi connectivity index (χ1n) is 7.73. The van der Waals surface area contributed by atoms with E-state index in [1.54, 1.807) is 30.3 Å². The van der Waals surface area contributed by atoms with Crippen molar-refractivity contribution in [3.63, 3.8) is 0 Å². The van der Waals surface area contributed by atoms with E-state index in [-0.39, 0.29) is 17.8 Å². The number of halogens is 1. The smallest absolute Gasteiger partial charge is 0.319 e. The van der Waals surface area contributed by atoms with Gasteiger partial charge in [-0.3, -0.25) is 4.79 Å². The van der Waals surface area contributed by atoms with Crippen LogP contribution < -0.4 is 20.7 Å². The zero-order chi connectivity index (χ0) is 18.2. The van der Waals surface area contributed by atoms with Crippen LogP contribution in [0.1, 0.15) is 12.5 Å². The number of rotatable bonds is 6. The van der Waals surface area contributed by atoms with Crippen LogP contribution in [-0.4, -0.2) is 25.6 Å². The number of ether oxygens (including phenoxy) is 1. The molecule has 0 radical (unpaired) electrons. The van der Waals surface area contributed by atoms with Crippen molar-refractivity contribution in [2.45, 2.75) is 13.3 Å². The van der Waals surface area contributed by atoms with Gasteiger partial charge in [0, 0.05) is 25.2 Å². The van der Waals surface area contributed by atoms with Crippen molar-refractivity contribution in [3.8, 4) is 5.75 Å². The first-order valence-corrected chi connectivity index (χ1v) is 7.73. The number of anilines is 2. The fraction of sp³-hybridized carbons (Fsp3) is 0.222. The highest BCUT2D eigenvalue weighted by atomic mass is 19.1. The first kappa shape index (κ1) is 18.3. The molecule has 0 aromatic heterocycles. The Kier molecular flexibility index (Phi) is 6.33. The number of carbonyl (C=O) groups is 2. The second kappa shape index (κ2) is 8.68. The number of carbonyl (C=O) groups excluding carboxylic acids is 2. The molecule has 7 heteroatoms. The van der Waals surface area contributed by atoms with Gasteiger partial charge in [-0.05, 0) is 36.2 Å². The van der Waals surface area contributed by atoms with Gasteiger partial charge in [-0.25, -0.2) is 9.18 Å². The van der Waals surface area contributed by atoms with Gasteiger partial charge in [0.25, 0.3) is 0 Å². The summed E-state index contributed by atoms with van der Waals surface area (Å²) in [5.41, 5.74) is 1.85. The molecule has 0 aliphatic carbocycles. The van der Waals surface area contributed by atoms with Gasteiger partial charge in [0.1, 0.15) is 11.6 Å². The highest BCUT2D eigenvalue weighted by Crippen LogP contribution is 2.27. The third-order valence-electron chi connectivity index (χ3n) is 3.36. The highest BCUT2D eigenvalue weighted by molar-refractivity contribution is 5.93. The van der Waals surface area contributed by atoms with Crippen LogP contribution in [0.2, 0.25) is 0 Å². The van der Waals surface area contributed by atoms with Crippen LogP contribution in [0.25, 0.3) is 0 Å². The van der Waals surface area contributed by atoms with E-state index in [4.69, 9.17) is 4.74 Å². The van der Waals surface area contributed by atoms with Crippen molar-refractivity contribution in [1.29, 1.82) is 0 Å². The van der Waals surface area contributed by atoms with E-state index in [0.717, 1.165) is 5.56 Å². The molecule has 25 heavy (non-hydrogen) atoms. The largest absolute Gasteiger partial charge is 0.494 e. The molecule has 2 rings (SSSR count). The zero-order valence-corrected chi connectivity index (χ0v) is 14.1. The Hall–Kier alpha value is -3.09. The van der Waals surface area contributed by atoms with E-state index in [9.17, 15) is 14.0 Å². The van der Waals surface area contributed by atoms with Crippen LogP contribution in [-0.2, 0) is 11.2 Å². The minimum atomic E-state index is -0.384. The molecule has 0 saturated heterocycles. The maximum absolute atomic E-state index is 13.1.